The lowest BCUT2D eigenvalue weighted by Crippen LogP contribution is -2.48. The molecule has 10 nitrogen and oxygen atoms in total. The molecule has 1 fully saturated rings. The largest absolute Gasteiger partial charge is 0.454 e. The molecule has 2 aliphatic heterocycles. The third-order valence-electron chi connectivity index (χ3n) is 5.93. The van der Waals surface area contributed by atoms with Crippen LogP contribution in [0.25, 0.3) is 22.9 Å². The minimum Gasteiger partial charge on any atom is -0.454 e. The van der Waals surface area contributed by atoms with Crippen LogP contribution in [-0.4, -0.2) is 68.7 Å². The molecule has 1 amide bonds. The van der Waals surface area contributed by atoms with Crippen molar-refractivity contribution in [3.8, 4) is 17.2 Å². The number of carbonyl (C=O) groups excluding carboxylic acids is 1. The molecule has 0 saturated carbocycles. The summed E-state index contributed by atoms with van der Waals surface area (Å²) in [7, 11) is 0. The van der Waals surface area contributed by atoms with E-state index in [0.29, 0.717) is 43.1 Å². The first-order valence-corrected chi connectivity index (χ1v) is 11.0. The minimum absolute atomic E-state index is 0.0276. The van der Waals surface area contributed by atoms with Gasteiger partial charge in [0.25, 0.3) is 0 Å². The molecule has 4 aromatic rings. The number of anilines is 1. The van der Waals surface area contributed by atoms with Gasteiger partial charge in [0, 0.05) is 32.3 Å². The molecule has 10 heteroatoms. The van der Waals surface area contributed by atoms with Crippen LogP contribution in [0.2, 0.25) is 0 Å². The van der Waals surface area contributed by atoms with Crippen LogP contribution >= 0.6 is 0 Å². The predicted molar refractivity (Wildman–Crippen MR) is 125 cm³/mol. The Balaban J connectivity index is 1.14. The topological polar surface area (TPSA) is 98.5 Å². The molecule has 4 heterocycles. The zero-order valence-corrected chi connectivity index (χ0v) is 18.2. The molecule has 170 valence electrons. The first-order chi connectivity index (χ1) is 16.8. The van der Waals surface area contributed by atoms with Crippen molar-refractivity contribution < 1.29 is 14.3 Å². The molecule has 0 spiro atoms. The molecule has 34 heavy (non-hydrogen) atoms. The van der Waals surface area contributed by atoms with E-state index >= 15 is 0 Å². The normalized spacial score (nSPS) is 15.4. The summed E-state index contributed by atoms with van der Waals surface area (Å²) in [4.78, 5) is 25.6. The third-order valence-corrected chi connectivity index (χ3v) is 5.93. The van der Waals surface area contributed by atoms with E-state index in [1.165, 1.54) is 6.33 Å². The Labute approximate surface area is 195 Å². The highest BCUT2D eigenvalue weighted by Crippen LogP contribution is 2.32. The Hall–Kier alpha value is -4.47. The lowest BCUT2D eigenvalue weighted by atomic mass is 10.2. The van der Waals surface area contributed by atoms with Gasteiger partial charge in [-0.3, -0.25) is 4.79 Å². The highest BCUT2D eigenvalue weighted by Gasteiger charge is 2.24. The maximum Gasteiger partial charge on any atom is 0.246 e. The molecule has 6 rings (SSSR count). The third kappa shape index (κ3) is 3.68. The zero-order valence-electron chi connectivity index (χ0n) is 18.2. The van der Waals surface area contributed by atoms with Crippen LogP contribution in [0.4, 0.5) is 5.82 Å². The van der Waals surface area contributed by atoms with E-state index in [1.807, 2.05) is 53.4 Å². The summed E-state index contributed by atoms with van der Waals surface area (Å²) in [6, 6.07) is 15.4. The van der Waals surface area contributed by atoms with Gasteiger partial charge < -0.3 is 19.3 Å². The molecule has 0 atom stereocenters. The predicted octanol–water partition coefficient (Wildman–Crippen LogP) is 2.30. The number of rotatable bonds is 4. The summed E-state index contributed by atoms with van der Waals surface area (Å²) in [5, 5.41) is 8.63. The van der Waals surface area contributed by atoms with Gasteiger partial charge >= 0.3 is 0 Å². The molecule has 0 radical (unpaired) electrons. The number of fused-ring (bicyclic) bond motifs is 2. The number of amides is 1. The fraction of sp³-hybridized carbons (Fsp3) is 0.208. The van der Waals surface area contributed by atoms with Gasteiger partial charge in [-0.1, -0.05) is 29.5 Å². The summed E-state index contributed by atoms with van der Waals surface area (Å²) in [5.74, 6) is 2.13. The number of hydrogen-bond donors (Lipinski definition) is 0. The van der Waals surface area contributed by atoms with Gasteiger partial charge in [0.15, 0.2) is 28.5 Å². The van der Waals surface area contributed by atoms with Gasteiger partial charge in [0.1, 0.15) is 6.33 Å². The van der Waals surface area contributed by atoms with E-state index in [-0.39, 0.29) is 12.7 Å². The molecule has 2 aromatic carbocycles. The number of carbonyl (C=O) groups is 1. The van der Waals surface area contributed by atoms with Crippen molar-refractivity contribution in [2.45, 2.75) is 0 Å². The van der Waals surface area contributed by atoms with E-state index in [2.05, 4.69) is 25.2 Å². The average molecular weight is 455 g/mol. The summed E-state index contributed by atoms with van der Waals surface area (Å²) in [5.41, 5.74) is 3.08. The van der Waals surface area contributed by atoms with Crippen LogP contribution in [0.15, 0.2) is 60.9 Å². The van der Waals surface area contributed by atoms with Crippen molar-refractivity contribution in [3.63, 3.8) is 0 Å². The fourth-order valence-corrected chi connectivity index (χ4v) is 4.14. The van der Waals surface area contributed by atoms with Gasteiger partial charge in [0.05, 0.1) is 5.69 Å². The molecule has 1 saturated heterocycles. The Morgan fingerprint density at radius 3 is 2.62 bits per heavy atom. The molecule has 0 N–H and O–H groups in total. The standard InChI is InChI=1S/C24H21N7O3/c32-21(9-7-17-6-8-19-20(14-17)34-16-33-19)29-10-12-30(13-11-29)23-22-24(26-15-25-23)31(28-27-22)18-4-2-1-3-5-18/h1-9,14-15H,10-13,16H2/b9-7-. The molecule has 2 aromatic heterocycles. The average Bonchev–Trinajstić information content (AvgIpc) is 3.54. The first-order valence-electron chi connectivity index (χ1n) is 11.0. The minimum atomic E-state index is -0.0276. The molecule has 0 aliphatic carbocycles. The summed E-state index contributed by atoms with van der Waals surface area (Å²) in [6.07, 6.45) is 4.93. The number of ether oxygens (including phenoxy) is 2. The van der Waals surface area contributed by atoms with Crippen molar-refractivity contribution >= 4 is 29.0 Å². The molecular weight excluding hydrogens is 434 g/mol. The monoisotopic (exact) mass is 455 g/mol. The first kappa shape index (κ1) is 20.2. The van der Waals surface area contributed by atoms with Gasteiger partial charge in [-0.05, 0) is 35.9 Å². The maximum absolute atomic E-state index is 12.7. The van der Waals surface area contributed by atoms with E-state index in [0.717, 1.165) is 22.8 Å². The lowest BCUT2D eigenvalue weighted by molar-refractivity contribution is -0.126. The van der Waals surface area contributed by atoms with Gasteiger partial charge in [0.2, 0.25) is 12.7 Å². The highest BCUT2D eigenvalue weighted by atomic mass is 16.7. The smallest absolute Gasteiger partial charge is 0.246 e. The van der Waals surface area contributed by atoms with Crippen LogP contribution in [0, 0.1) is 0 Å². The van der Waals surface area contributed by atoms with Crippen molar-refractivity contribution in [2.75, 3.05) is 37.9 Å². The van der Waals surface area contributed by atoms with Crippen LogP contribution in [0.3, 0.4) is 0 Å². The maximum atomic E-state index is 12.7. The van der Waals surface area contributed by atoms with E-state index < -0.39 is 0 Å². The van der Waals surface area contributed by atoms with E-state index in [1.54, 1.807) is 16.8 Å². The van der Waals surface area contributed by atoms with Gasteiger partial charge in [-0.15, -0.1) is 5.10 Å². The second kappa shape index (κ2) is 8.47. The molecular formula is C24H21N7O3. The van der Waals surface area contributed by atoms with E-state index in [4.69, 9.17) is 9.47 Å². The van der Waals surface area contributed by atoms with Crippen molar-refractivity contribution in [2.24, 2.45) is 0 Å². The van der Waals surface area contributed by atoms with Crippen LogP contribution in [0.5, 0.6) is 11.5 Å². The van der Waals surface area contributed by atoms with Crippen molar-refractivity contribution in [1.82, 2.24) is 29.9 Å². The number of benzene rings is 2. The zero-order chi connectivity index (χ0) is 22.9. The Morgan fingerprint density at radius 1 is 0.941 bits per heavy atom. The SMILES string of the molecule is O=C(/C=C\c1ccc2c(c1)OCO2)N1CCN(c2ncnc3c2nnn3-c2ccccc2)CC1. The molecule has 2 aliphatic rings. The Bertz CT molecular complexity index is 1380. The summed E-state index contributed by atoms with van der Waals surface area (Å²) >= 11 is 0. The van der Waals surface area contributed by atoms with Crippen molar-refractivity contribution in [3.05, 3.63) is 66.5 Å². The number of para-hydroxylation sites is 1. The van der Waals surface area contributed by atoms with Gasteiger partial charge in [-0.25, -0.2) is 9.97 Å². The summed E-state index contributed by atoms with van der Waals surface area (Å²) < 4.78 is 12.4. The summed E-state index contributed by atoms with van der Waals surface area (Å²) in [6.45, 7) is 2.69. The van der Waals surface area contributed by atoms with Crippen molar-refractivity contribution in [1.29, 1.82) is 0 Å². The van der Waals surface area contributed by atoms with Crippen LogP contribution < -0.4 is 14.4 Å². The fourth-order valence-electron chi connectivity index (χ4n) is 4.14. The number of piperazine rings is 1. The van der Waals surface area contributed by atoms with Crippen LogP contribution in [-0.2, 0) is 4.79 Å². The number of hydrogen-bond acceptors (Lipinski definition) is 8. The highest BCUT2D eigenvalue weighted by molar-refractivity contribution is 5.92. The Kier molecular flexibility index (Phi) is 5.02. The number of aromatic nitrogens is 5. The van der Waals surface area contributed by atoms with Gasteiger partial charge in [-0.2, -0.15) is 4.68 Å². The number of nitrogens with zero attached hydrogens (tertiary/aromatic N) is 7. The molecule has 0 unspecified atom stereocenters. The second-order valence-corrected chi connectivity index (χ2v) is 7.96. The lowest BCUT2D eigenvalue weighted by Gasteiger charge is -2.34. The molecule has 0 bridgehead atoms. The van der Waals surface area contributed by atoms with E-state index in [9.17, 15) is 4.79 Å². The van der Waals surface area contributed by atoms with Crippen LogP contribution in [0.1, 0.15) is 5.56 Å². The second-order valence-electron chi connectivity index (χ2n) is 7.96. The Morgan fingerprint density at radius 2 is 1.76 bits per heavy atom. The quantitative estimate of drug-likeness (QED) is 0.433.